The van der Waals surface area contributed by atoms with Crippen LogP contribution >= 0.6 is 0 Å². The Labute approximate surface area is 156 Å². The molecule has 0 aliphatic heterocycles. The van der Waals surface area contributed by atoms with Gasteiger partial charge < -0.3 is 24.7 Å². The maximum Gasteiger partial charge on any atom is 0.191 e. The Morgan fingerprint density at radius 3 is 2.65 bits per heavy atom. The van der Waals surface area contributed by atoms with Crippen LogP contribution in [0.1, 0.15) is 24.3 Å². The Bertz CT molecular complexity index is 668. The van der Waals surface area contributed by atoms with Gasteiger partial charge in [-0.3, -0.25) is 4.99 Å². The number of benzene rings is 1. The third-order valence-corrected chi connectivity index (χ3v) is 4.13. The van der Waals surface area contributed by atoms with Gasteiger partial charge in [-0.25, -0.2) is 0 Å². The van der Waals surface area contributed by atoms with Crippen molar-refractivity contribution in [3.63, 3.8) is 0 Å². The number of hydrogen-bond acceptors (Lipinski definition) is 4. The molecular formula is C20H30N4O2. The van der Waals surface area contributed by atoms with Crippen molar-refractivity contribution in [2.45, 2.75) is 19.4 Å². The predicted octanol–water partition coefficient (Wildman–Crippen LogP) is 2.69. The van der Waals surface area contributed by atoms with Crippen molar-refractivity contribution in [2.75, 3.05) is 40.8 Å². The van der Waals surface area contributed by atoms with E-state index in [2.05, 4.69) is 42.6 Å². The van der Waals surface area contributed by atoms with E-state index < -0.39 is 0 Å². The maximum atomic E-state index is 5.52. The van der Waals surface area contributed by atoms with Gasteiger partial charge in [-0.2, -0.15) is 0 Å². The summed E-state index contributed by atoms with van der Waals surface area (Å²) in [7, 11) is 5.82. The molecule has 0 saturated heterocycles. The molecule has 0 bridgehead atoms. The molecule has 0 aliphatic carbocycles. The summed E-state index contributed by atoms with van der Waals surface area (Å²) in [6.45, 7) is 4.27. The smallest absolute Gasteiger partial charge is 0.191 e. The van der Waals surface area contributed by atoms with E-state index in [9.17, 15) is 0 Å². The molecule has 0 aliphatic rings. The van der Waals surface area contributed by atoms with E-state index in [4.69, 9.17) is 14.1 Å². The molecule has 2 rings (SSSR count). The quantitative estimate of drug-likeness (QED) is 0.533. The molecular weight excluding hydrogens is 328 g/mol. The summed E-state index contributed by atoms with van der Waals surface area (Å²) in [5, 5.41) is 6.66. The van der Waals surface area contributed by atoms with E-state index in [1.165, 1.54) is 0 Å². The highest BCUT2D eigenvalue weighted by atomic mass is 16.5. The number of furan rings is 1. The van der Waals surface area contributed by atoms with Crippen LogP contribution in [0.5, 0.6) is 5.75 Å². The first-order valence-corrected chi connectivity index (χ1v) is 8.99. The molecule has 6 nitrogen and oxygen atoms in total. The topological polar surface area (TPSA) is 62.0 Å². The molecule has 0 saturated carbocycles. The molecule has 0 amide bonds. The third kappa shape index (κ3) is 5.81. The largest absolute Gasteiger partial charge is 0.496 e. The lowest BCUT2D eigenvalue weighted by molar-refractivity contribution is 0.295. The van der Waals surface area contributed by atoms with Crippen LogP contribution in [0, 0.1) is 0 Å². The highest BCUT2D eigenvalue weighted by Gasteiger charge is 2.18. The van der Waals surface area contributed by atoms with Crippen LogP contribution < -0.4 is 15.4 Å². The highest BCUT2D eigenvalue weighted by molar-refractivity contribution is 5.79. The van der Waals surface area contributed by atoms with Crippen LogP contribution in [0.2, 0.25) is 0 Å². The summed E-state index contributed by atoms with van der Waals surface area (Å²) in [6, 6.07) is 12.1. The summed E-state index contributed by atoms with van der Waals surface area (Å²) in [6.07, 6.45) is 2.52. The van der Waals surface area contributed by atoms with Gasteiger partial charge in [0, 0.05) is 25.1 Å². The first-order valence-electron chi connectivity index (χ1n) is 8.99. The fraction of sp³-hybridized carbons (Fsp3) is 0.450. The van der Waals surface area contributed by atoms with E-state index in [1.54, 1.807) is 13.4 Å². The number of guanidine groups is 1. The predicted molar refractivity (Wildman–Crippen MR) is 106 cm³/mol. The molecule has 0 spiro atoms. The fourth-order valence-corrected chi connectivity index (χ4v) is 2.76. The van der Waals surface area contributed by atoms with E-state index in [0.29, 0.717) is 6.54 Å². The van der Waals surface area contributed by atoms with Gasteiger partial charge >= 0.3 is 0 Å². The molecule has 2 N–H and O–H groups in total. The minimum absolute atomic E-state index is 0.131. The normalized spacial score (nSPS) is 12.9. The van der Waals surface area contributed by atoms with Crippen LogP contribution in [-0.4, -0.2) is 51.7 Å². The second-order valence-electron chi connectivity index (χ2n) is 6.20. The van der Waals surface area contributed by atoms with E-state index >= 15 is 0 Å². The molecule has 1 unspecified atom stereocenters. The molecule has 26 heavy (non-hydrogen) atoms. The minimum Gasteiger partial charge on any atom is -0.496 e. The van der Waals surface area contributed by atoms with Crippen molar-refractivity contribution in [3.05, 3.63) is 54.0 Å². The summed E-state index contributed by atoms with van der Waals surface area (Å²) in [5.74, 6) is 2.66. The number of ether oxygens (including phenoxy) is 1. The van der Waals surface area contributed by atoms with Gasteiger partial charge in [-0.15, -0.1) is 0 Å². The van der Waals surface area contributed by atoms with Gasteiger partial charge in [0.1, 0.15) is 11.5 Å². The Morgan fingerprint density at radius 2 is 2.00 bits per heavy atom. The molecule has 142 valence electrons. The zero-order valence-corrected chi connectivity index (χ0v) is 16.2. The number of nitrogens with one attached hydrogen (secondary N) is 2. The van der Waals surface area contributed by atoms with Crippen LogP contribution in [0.25, 0.3) is 0 Å². The van der Waals surface area contributed by atoms with E-state index in [0.717, 1.165) is 42.5 Å². The molecule has 1 aromatic carbocycles. The summed E-state index contributed by atoms with van der Waals surface area (Å²) in [4.78, 5) is 6.93. The average molecular weight is 358 g/mol. The number of aliphatic imine (C=N–C) groups is 1. The van der Waals surface area contributed by atoms with Crippen molar-refractivity contribution >= 4 is 5.96 Å². The van der Waals surface area contributed by atoms with Gasteiger partial charge in [0.2, 0.25) is 0 Å². The SMILES string of the molecule is CCNC(=NCC(c1ccccc1OC)N(C)C)NCCc1ccco1. The molecule has 0 fully saturated rings. The van der Waals surface area contributed by atoms with Crippen molar-refractivity contribution in [3.8, 4) is 5.75 Å². The lowest BCUT2D eigenvalue weighted by atomic mass is 10.0. The molecule has 0 radical (unpaired) electrons. The van der Waals surface area contributed by atoms with Crippen molar-refractivity contribution in [1.82, 2.24) is 15.5 Å². The van der Waals surface area contributed by atoms with Gasteiger partial charge in [0.05, 0.1) is 26.0 Å². The number of likely N-dealkylation sites (N-methyl/N-ethyl adjacent to an activating group) is 1. The fourth-order valence-electron chi connectivity index (χ4n) is 2.76. The Balaban J connectivity index is 2.03. The number of hydrogen-bond donors (Lipinski definition) is 2. The first kappa shape index (κ1) is 19.8. The molecule has 1 atom stereocenters. The van der Waals surface area contributed by atoms with Gasteiger partial charge in [-0.05, 0) is 39.2 Å². The lowest BCUT2D eigenvalue weighted by Crippen LogP contribution is -2.39. The van der Waals surface area contributed by atoms with Crippen LogP contribution in [0.15, 0.2) is 52.1 Å². The average Bonchev–Trinajstić information content (AvgIpc) is 3.15. The Morgan fingerprint density at radius 1 is 1.19 bits per heavy atom. The summed E-state index contributed by atoms with van der Waals surface area (Å²) >= 11 is 0. The van der Waals surface area contributed by atoms with Gasteiger partial charge in [-0.1, -0.05) is 18.2 Å². The Kier molecular flexibility index (Phi) is 8.02. The number of para-hydroxylation sites is 1. The van der Waals surface area contributed by atoms with Gasteiger partial charge in [0.15, 0.2) is 5.96 Å². The van der Waals surface area contributed by atoms with Crippen molar-refractivity contribution < 1.29 is 9.15 Å². The zero-order chi connectivity index (χ0) is 18.8. The number of methoxy groups -OCH3 is 1. The monoisotopic (exact) mass is 358 g/mol. The zero-order valence-electron chi connectivity index (χ0n) is 16.2. The molecule has 2 aromatic rings. The van der Waals surface area contributed by atoms with Crippen LogP contribution in [0.4, 0.5) is 0 Å². The van der Waals surface area contributed by atoms with E-state index in [-0.39, 0.29) is 6.04 Å². The van der Waals surface area contributed by atoms with Crippen molar-refractivity contribution in [1.29, 1.82) is 0 Å². The van der Waals surface area contributed by atoms with Crippen LogP contribution in [-0.2, 0) is 6.42 Å². The van der Waals surface area contributed by atoms with Crippen LogP contribution in [0.3, 0.4) is 0 Å². The van der Waals surface area contributed by atoms with Gasteiger partial charge in [0.25, 0.3) is 0 Å². The second-order valence-corrected chi connectivity index (χ2v) is 6.20. The third-order valence-electron chi connectivity index (χ3n) is 4.13. The molecule has 1 heterocycles. The first-order chi connectivity index (χ1) is 12.7. The summed E-state index contributed by atoms with van der Waals surface area (Å²) in [5.41, 5.74) is 1.13. The second kappa shape index (κ2) is 10.5. The molecule has 1 aromatic heterocycles. The minimum atomic E-state index is 0.131. The maximum absolute atomic E-state index is 5.52. The number of nitrogens with zero attached hydrogens (tertiary/aromatic N) is 2. The van der Waals surface area contributed by atoms with E-state index in [1.807, 2.05) is 30.3 Å². The highest BCUT2D eigenvalue weighted by Crippen LogP contribution is 2.28. The summed E-state index contributed by atoms with van der Waals surface area (Å²) < 4.78 is 10.9. The Hall–Kier alpha value is -2.47. The lowest BCUT2D eigenvalue weighted by Gasteiger charge is -2.25. The van der Waals surface area contributed by atoms with Crippen molar-refractivity contribution in [2.24, 2.45) is 4.99 Å². The number of rotatable bonds is 9. The standard InChI is InChI=1S/C20H30N4O2/c1-5-21-20(22-13-12-16-9-8-14-26-16)23-15-18(24(2)3)17-10-6-7-11-19(17)25-4/h6-11,14,18H,5,12-13,15H2,1-4H3,(H2,21,22,23). The molecule has 6 heteroatoms.